The minimum atomic E-state index is -3.52. The van der Waals surface area contributed by atoms with Crippen molar-refractivity contribution in [3.05, 3.63) is 64.7 Å². The highest BCUT2D eigenvalue weighted by Gasteiger charge is 2.20. The van der Waals surface area contributed by atoms with Gasteiger partial charge in [-0.3, -0.25) is 9.10 Å². The van der Waals surface area contributed by atoms with Crippen LogP contribution in [0, 0.1) is 0 Å². The summed E-state index contributed by atoms with van der Waals surface area (Å²) in [6.07, 6.45) is 9.24. The van der Waals surface area contributed by atoms with E-state index in [4.69, 9.17) is 11.6 Å². The quantitative estimate of drug-likeness (QED) is 0.664. The molecule has 2 aromatic rings. The Labute approximate surface area is 184 Å². The maximum absolute atomic E-state index is 12.7. The fourth-order valence-corrected chi connectivity index (χ4v) is 4.90. The van der Waals surface area contributed by atoms with Gasteiger partial charge in [-0.2, -0.15) is 0 Å². The summed E-state index contributed by atoms with van der Waals surface area (Å²) in [5.74, 6) is -0.107. The third-order valence-electron chi connectivity index (χ3n) is 5.53. The van der Waals surface area contributed by atoms with Crippen molar-refractivity contribution in [2.24, 2.45) is 0 Å². The smallest absolute Gasteiger partial charge is 0.251 e. The number of anilines is 1. The van der Waals surface area contributed by atoms with Gasteiger partial charge < -0.3 is 5.32 Å². The van der Waals surface area contributed by atoms with Gasteiger partial charge in [0.1, 0.15) is 0 Å². The number of nitrogens with zero attached hydrogens (tertiary/aromatic N) is 1. The van der Waals surface area contributed by atoms with Crippen molar-refractivity contribution in [2.45, 2.75) is 57.5 Å². The summed E-state index contributed by atoms with van der Waals surface area (Å²) in [5, 5.41) is 3.66. The summed E-state index contributed by atoms with van der Waals surface area (Å²) in [6, 6.07) is 14.1. The van der Waals surface area contributed by atoms with Crippen LogP contribution in [0.3, 0.4) is 0 Å². The standard InChI is InChI=1S/C23H29ClN2O3S/c1-30(28,29)26(17-19-9-7-8-12-22(19)24)21-15-13-18(14-16-21)23(27)25-20-10-5-3-2-4-6-11-20/h7-9,12-16,20H,2-6,10-11,17H2,1H3,(H,25,27). The molecular formula is C23H29ClN2O3S. The second-order valence-electron chi connectivity index (χ2n) is 7.92. The molecular weight excluding hydrogens is 420 g/mol. The van der Waals surface area contributed by atoms with Crippen LogP contribution in [-0.4, -0.2) is 26.6 Å². The molecule has 0 spiro atoms. The maximum Gasteiger partial charge on any atom is 0.251 e. The van der Waals surface area contributed by atoms with Crippen LogP contribution in [0.4, 0.5) is 5.69 Å². The third kappa shape index (κ3) is 6.22. The number of rotatable bonds is 6. The fraction of sp³-hybridized carbons (Fsp3) is 0.435. The number of amides is 1. The Bertz CT molecular complexity index is 953. The van der Waals surface area contributed by atoms with Gasteiger partial charge in [0.25, 0.3) is 5.91 Å². The molecule has 0 saturated heterocycles. The summed E-state index contributed by atoms with van der Waals surface area (Å²) in [6.45, 7) is 0.131. The lowest BCUT2D eigenvalue weighted by Gasteiger charge is -2.24. The molecule has 1 fully saturated rings. The average molecular weight is 449 g/mol. The lowest BCUT2D eigenvalue weighted by atomic mass is 9.96. The predicted octanol–water partition coefficient (Wildman–Crippen LogP) is 5.15. The van der Waals surface area contributed by atoms with E-state index in [0.29, 0.717) is 16.3 Å². The van der Waals surface area contributed by atoms with E-state index in [1.807, 2.05) is 6.07 Å². The van der Waals surface area contributed by atoms with E-state index >= 15 is 0 Å². The van der Waals surface area contributed by atoms with E-state index in [9.17, 15) is 13.2 Å². The monoisotopic (exact) mass is 448 g/mol. The first-order valence-corrected chi connectivity index (χ1v) is 12.7. The Kier molecular flexibility index (Phi) is 7.78. The van der Waals surface area contributed by atoms with E-state index in [2.05, 4.69) is 5.32 Å². The molecule has 0 radical (unpaired) electrons. The van der Waals surface area contributed by atoms with E-state index in [1.54, 1.807) is 42.5 Å². The Hall–Kier alpha value is -2.05. The zero-order valence-corrected chi connectivity index (χ0v) is 18.9. The van der Waals surface area contributed by atoms with Gasteiger partial charge >= 0.3 is 0 Å². The molecule has 30 heavy (non-hydrogen) atoms. The molecule has 1 aliphatic rings. The first-order valence-electron chi connectivity index (χ1n) is 10.5. The molecule has 0 atom stereocenters. The predicted molar refractivity (Wildman–Crippen MR) is 122 cm³/mol. The molecule has 162 valence electrons. The number of nitrogens with one attached hydrogen (secondary N) is 1. The molecule has 7 heteroatoms. The van der Waals surface area contributed by atoms with E-state index in [0.717, 1.165) is 31.2 Å². The van der Waals surface area contributed by atoms with Crippen molar-refractivity contribution in [3.63, 3.8) is 0 Å². The van der Waals surface area contributed by atoms with Crippen molar-refractivity contribution in [1.82, 2.24) is 5.32 Å². The number of halogens is 1. The van der Waals surface area contributed by atoms with E-state index in [1.165, 1.54) is 29.8 Å². The lowest BCUT2D eigenvalue weighted by Crippen LogP contribution is -2.35. The van der Waals surface area contributed by atoms with Gasteiger partial charge in [-0.15, -0.1) is 0 Å². The van der Waals surface area contributed by atoms with Gasteiger partial charge in [0.15, 0.2) is 0 Å². The number of hydrogen-bond acceptors (Lipinski definition) is 3. The molecule has 3 rings (SSSR count). The van der Waals surface area contributed by atoms with Crippen molar-refractivity contribution < 1.29 is 13.2 Å². The Morgan fingerprint density at radius 2 is 1.60 bits per heavy atom. The van der Waals surface area contributed by atoms with E-state index in [-0.39, 0.29) is 18.5 Å². The minimum absolute atomic E-state index is 0.107. The van der Waals surface area contributed by atoms with Gasteiger partial charge in [-0.25, -0.2) is 8.42 Å². The zero-order valence-electron chi connectivity index (χ0n) is 17.3. The molecule has 0 heterocycles. The van der Waals surface area contributed by atoms with Gasteiger partial charge in [0.2, 0.25) is 10.0 Å². The summed E-state index contributed by atoms with van der Waals surface area (Å²) >= 11 is 6.21. The minimum Gasteiger partial charge on any atom is -0.349 e. The summed E-state index contributed by atoms with van der Waals surface area (Å²) in [7, 11) is -3.52. The number of carbonyl (C=O) groups is 1. The van der Waals surface area contributed by atoms with Crippen molar-refractivity contribution >= 4 is 33.2 Å². The van der Waals surface area contributed by atoms with Crippen LogP contribution in [0.1, 0.15) is 60.9 Å². The largest absolute Gasteiger partial charge is 0.349 e. The van der Waals surface area contributed by atoms with Crippen LogP contribution in [0.5, 0.6) is 0 Å². The van der Waals surface area contributed by atoms with Gasteiger partial charge in [-0.05, 0) is 48.7 Å². The first kappa shape index (κ1) is 22.6. The second-order valence-corrected chi connectivity index (χ2v) is 10.2. The topological polar surface area (TPSA) is 66.5 Å². The number of carbonyl (C=O) groups excluding carboxylic acids is 1. The highest BCUT2D eigenvalue weighted by molar-refractivity contribution is 7.92. The molecule has 0 unspecified atom stereocenters. The normalized spacial score (nSPS) is 15.8. The Morgan fingerprint density at radius 3 is 2.20 bits per heavy atom. The number of sulfonamides is 1. The summed E-state index contributed by atoms with van der Waals surface area (Å²) in [5.41, 5.74) is 1.75. The number of hydrogen-bond donors (Lipinski definition) is 1. The van der Waals surface area contributed by atoms with Gasteiger partial charge in [-0.1, -0.05) is 61.9 Å². The van der Waals surface area contributed by atoms with Gasteiger partial charge in [0.05, 0.1) is 18.5 Å². The first-order chi connectivity index (χ1) is 14.3. The van der Waals surface area contributed by atoms with Crippen LogP contribution in [0.15, 0.2) is 48.5 Å². The molecule has 0 aromatic heterocycles. The van der Waals surface area contributed by atoms with Crippen molar-refractivity contribution in [1.29, 1.82) is 0 Å². The van der Waals surface area contributed by atoms with Gasteiger partial charge in [0, 0.05) is 16.6 Å². The van der Waals surface area contributed by atoms with Crippen LogP contribution in [-0.2, 0) is 16.6 Å². The van der Waals surface area contributed by atoms with Crippen molar-refractivity contribution in [3.8, 4) is 0 Å². The SMILES string of the molecule is CS(=O)(=O)N(Cc1ccccc1Cl)c1ccc(C(=O)NC2CCCCCCC2)cc1. The molecule has 1 aliphatic carbocycles. The third-order valence-corrected chi connectivity index (χ3v) is 7.04. The molecule has 5 nitrogen and oxygen atoms in total. The number of benzene rings is 2. The van der Waals surface area contributed by atoms with Crippen LogP contribution in [0.2, 0.25) is 5.02 Å². The summed E-state index contributed by atoms with van der Waals surface area (Å²) in [4.78, 5) is 12.7. The fourth-order valence-electron chi connectivity index (χ4n) is 3.83. The Morgan fingerprint density at radius 1 is 1.00 bits per heavy atom. The van der Waals surface area contributed by atoms with Crippen LogP contribution >= 0.6 is 11.6 Å². The van der Waals surface area contributed by atoms with Crippen LogP contribution in [0.25, 0.3) is 0 Å². The second kappa shape index (κ2) is 10.3. The van der Waals surface area contributed by atoms with Crippen molar-refractivity contribution in [2.75, 3.05) is 10.6 Å². The Balaban J connectivity index is 1.73. The molecule has 1 N–H and O–H groups in total. The zero-order chi connectivity index (χ0) is 21.6. The highest BCUT2D eigenvalue weighted by atomic mass is 35.5. The summed E-state index contributed by atoms with van der Waals surface area (Å²) < 4.78 is 26.1. The maximum atomic E-state index is 12.7. The highest BCUT2D eigenvalue weighted by Crippen LogP contribution is 2.25. The van der Waals surface area contributed by atoms with Crippen LogP contribution < -0.4 is 9.62 Å². The molecule has 1 saturated carbocycles. The molecule has 0 bridgehead atoms. The molecule has 1 amide bonds. The average Bonchev–Trinajstić information content (AvgIpc) is 2.68. The lowest BCUT2D eigenvalue weighted by molar-refractivity contribution is 0.0930. The molecule has 2 aromatic carbocycles. The molecule has 0 aliphatic heterocycles. The van der Waals surface area contributed by atoms with E-state index < -0.39 is 10.0 Å².